The molecule has 0 aromatic carbocycles. The first kappa shape index (κ1) is 34.3. The predicted octanol–water partition coefficient (Wildman–Crippen LogP) is 7.65. The second-order valence-electron chi connectivity index (χ2n) is 13.9. The van der Waals surface area contributed by atoms with Crippen molar-refractivity contribution in [1.29, 1.82) is 0 Å². The van der Waals surface area contributed by atoms with Gasteiger partial charge in [0, 0.05) is 72.8 Å². The molecule has 1 aliphatic carbocycles. The second-order valence-corrected chi connectivity index (χ2v) is 13.9. The molecule has 5 heterocycles. The Kier molecular flexibility index (Phi) is 9.65. The van der Waals surface area contributed by atoms with Gasteiger partial charge in [0.05, 0.1) is 41.3 Å². The zero-order chi connectivity index (χ0) is 35.1. The first-order valence-electron chi connectivity index (χ1n) is 17.7. The lowest BCUT2D eigenvalue weighted by Gasteiger charge is -2.19. The number of carbonyl (C=O) groups is 2. The number of allylic oxidation sites excluding steroid dienone is 11. The van der Waals surface area contributed by atoms with Crippen molar-refractivity contribution in [3.63, 3.8) is 0 Å². The number of aliphatic hydroxyl groups excluding tert-OH is 1. The third kappa shape index (κ3) is 6.24. The maximum absolute atomic E-state index is 13.1. The molecule has 6 rings (SSSR count). The molecule has 1 amide bonds. The van der Waals surface area contributed by atoms with Crippen molar-refractivity contribution in [3.8, 4) is 0 Å². The van der Waals surface area contributed by atoms with Crippen LogP contribution in [-0.2, 0) is 14.3 Å². The van der Waals surface area contributed by atoms with E-state index in [4.69, 9.17) is 19.7 Å². The van der Waals surface area contributed by atoms with Crippen LogP contribution in [0.4, 0.5) is 0 Å². The molecule has 0 saturated carbocycles. The Hall–Kier alpha value is -4.53. The van der Waals surface area contributed by atoms with Crippen molar-refractivity contribution in [3.05, 3.63) is 91.5 Å². The summed E-state index contributed by atoms with van der Waals surface area (Å²) in [6, 6.07) is 0. The van der Waals surface area contributed by atoms with Crippen LogP contribution in [0.25, 0.3) is 0 Å². The summed E-state index contributed by atoms with van der Waals surface area (Å²) in [7, 11) is 3.30. The Morgan fingerprint density at radius 1 is 0.959 bits per heavy atom. The van der Waals surface area contributed by atoms with E-state index in [9.17, 15) is 14.7 Å². The number of amides is 1. The maximum Gasteiger partial charge on any atom is 0.305 e. The number of unbranched alkanes of at least 4 members (excludes halogenated alkanes) is 2. The summed E-state index contributed by atoms with van der Waals surface area (Å²) in [4.78, 5) is 42.8. The number of aliphatic imine (C=N–C) groups is 3. The Morgan fingerprint density at radius 3 is 2.35 bits per heavy atom. The van der Waals surface area contributed by atoms with Crippen LogP contribution >= 0.6 is 0 Å². The molecule has 0 spiro atoms. The van der Waals surface area contributed by atoms with Gasteiger partial charge in [-0.3, -0.25) is 9.59 Å². The van der Waals surface area contributed by atoms with Crippen molar-refractivity contribution in [1.82, 2.24) is 10.2 Å². The molecule has 8 bridgehead atoms. The molecule has 2 atom stereocenters. The largest absolute Gasteiger partial charge is 0.511 e. The highest BCUT2D eigenvalue weighted by Gasteiger charge is 2.41. The van der Waals surface area contributed by atoms with E-state index < -0.39 is 0 Å². The van der Waals surface area contributed by atoms with Gasteiger partial charge in [-0.15, -0.1) is 0 Å². The number of hydrogen-bond acceptors (Lipinski definition) is 8. The Balaban J connectivity index is 1.51. The van der Waals surface area contributed by atoms with Crippen LogP contribution < -0.4 is 5.32 Å². The molecule has 0 aromatic rings. The third-order valence-electron chi connectivity index (χ3n) is 10.9. The van der Waals surface area contributed by atoms with Crippen LogP contribution in [-0.4, -0.2) is 59.7 Å². The molecule has 1 fully saturated rings. The van der Waals surface area contributed by atoms with Crippen LogP contribution in [0.2, 0.25) is 0 Å². The number of hydrogen-bond donors (Lipinski definition) is 2. The number of fused-ring (bicyclic) bond motifs is 5. The molecule has 0 aromatic heterocycles. The van der Waals surface area contributed by atoms with E-state index in [1.54, 1.807) is 0 Å². The second kappa shape index (κ2) is 13.8. The van der Waals surface area contributed by atoms with E-state index in [0.717, 1.165) is 110 Å². The fourth-order valence-corrected chi connectivity index (χ4v) is 7.78. The summed E-state index contributed by atoms with van der Waals surface area (Å²) >= 11 is 0. The van der Waals surface area contributed by atoms with E-state index >= 15 is 0 Å². The Morgan fingerprint density at radius 2 is 1.65 bits per heavy atom. The van der Waals surface area contributed by atoms with Gasteiger partial charge in [-0.2, -0.15) is 0 Å². The maximum atomic E-state index is 13.1. The average molecular weight is 664 g/mol. The van der Waals surface area contributed by atoms with Crippen LogP contribution in [0.3, 0.4) is 0 Å². The van der Waals surface area contributed by atoms with Crippen LogP contribution in [0.15, 0.2) is 106 Å². The molecular weight excluding hydrogens is 614 g/mol. The summed E-state index contributed by atoms with van der Waals surface area (Å²) < 4.78 is 5.01. The minimum absolute atomic E-state index is 0.0138. The standard InChI is InChI=1S/C40H49N5O4/c1-9-11-12-13-36(47)45(7)20-28-23(5)29-17-31-22(4)26(14-15-37(48)49-8)39(43-31)27-16-35(46)38-24(6)32(44-40(27)38)19-33-25(10-2)21(3)30(41-33)18-34(28)42-29/h17-19,22,26,43,46H,9-16,20H2,1-8H3/t22-,26-/m0/s1. The molecule has 2 N–H and O–H groups in total. The van der Waals surface area contributed by atoms with Gasteiger partial charge in [0.25, 0.3) is 0 Å². The molecular formula is C40H49N5O4. The molecule has 258 valence electrons. The fourth-order valence-electron chi connectivity index (χ4n) is 7.78. The molecule has 9 heteroatoms. The number of rotatable bonds is 10. The number of likely N-dealkylation sites (N-methyl/N-ethyl adjacent to an activating group) is 1. The lowest BCUT2D eigenvalue weighted by atomic mass is 9.86. The normalized spacial score (nSPS) is 22.8. The van der Waals surface area contributed by atoms with Gasteiger partial charge in [0.1, 0.15) is 5.76 Å². The van der Waals surface area contributed by atoms with Crippen LogP contribution in [0, 0.1) is 11.8 Å². The van der Waals surface area contributed by atoms with Gasteiger partial charge >= 0.3 is 5.97 Å². The van der Waals surface area contributed by atoms with Gasteiger partial charge in [-0.1, -0.05) is 33.6 Å². The van der Waals surface area contributed by atoms with Gasteiger partial charge in [-0.25, -0.2) is 15.0 Å². The zero-order valence-corrected chi connectivity index (χ0v) is 30.2. The van der Waals surface area contributed by atoms with Crippen LogP contribution in [0.5, 0.6) is 0 Å². The van der Waals surface area contributed by atoms with Crippen molar-refractivity contribution >= 4 is 29.0 Å². The highest BCUT2D eigenvalue weighted by Crippen LogP contribution is 2.46. The van der Waals surface area contributed by atoms with E-state index in [-0.39, 0.29) is 30.1 Å². The predicted molar refractivity (Wildman–Crippen MR) is 195 cm³/mol. The number of esters is 1. The molecule has 49 heavy (non-hydrogen) atoms. The first-order valence-corrected chi connectivity index (χ1v) is 17.7. The molecule has 0 unspecified atom stereocenters. The number of nitrogens with one attached hydrogen (secondary N) is 1. The topological polar surface area (TPSA) is 116 Å². The smallest absolute Gasteiger partial charge is 0.305 e. The van der Waals surface area contributed by atoms with E-state index in [1.807, 2.05) is 24.9 Å². The number of carbonyl (C=O) groups excluding carboxylic acids is 2. The summed E-state index contributed by atoms with van der Waals surface area (Å²) in [5, 5.41) is 15.0. The summed E-state index contributed by atoms with van der Waals surface area (Å²) in [5.74, 6) is 0.228. The van der Waals surface area contributed by atoms with E-state index in [1.165, 1.54) is 7.11 Å². The van der Waals surface area contributed by atoms with E-state index in [2.05, 4.69) is 52.1 Å². The van der Waals surface area contributed by atoms with Crippen LogP contribution in [0.1, 0.15) is 92.9 Å². The van der Waals surface area contributed by atoms with Gasteiger partial charge in [0.15, 0.2) is 0 Å². The van der Waals surface area contributed by atoms with E-state index in [0.29, 0.717) is 31.6 Å². The zero-order valence-electron chi connectivity index (χ0n) is 30.2. The highest BCUT2D eigenvalue weighted by molar-refractivity contribution is 6.21. The lowest BCUT2D eigenvalue weighted by molar-refractivity contribution is -0.141. The summed E-state index contributed by atoms with van der Waals surface area (Å²) in [6.45, 7) is 13.1. The Bertz CT molecular complexity index is 1870. The summed E-state index contributed by atoms with van der Waals surface area (Å²) in [5.41, 5.74) is 13.9. The molecule has 6 aliphatic rings. The van der Waals surface area contributed by atoms with Crippen molar-refractivity contribution < 1.29 is 19.4 Å². The van der Waals surface area contributed by atoms with Crippen molar-refractivity contribution in [2.45, 2.75) is 92.9 Å². The average Bonchev–Trinajstić information content (AvgIpc) is 3.83. The monoisotopic (exact) mass is 663 g/mol. The van der Waals surface area contributed by atoms with Gasteiger partial charge in [0.2, 0.25) is 5.91 Å². The quantitative estimate of drug-likeness (QED) is 0.184. The summed E-state index contributed by atoms with van der Waals surface area (Å²) in [6.07, 6.45) is 11.8. The molecule has 1 saturated heterocycles. The highest BCUT2D eigenvalue weighted by atomic mass is 16.5. The van der Waals surface area contributed by atoms with Crippen molar-refractivity contribution in [2.75, 3.05) is 20.7 Å². The number of methoxy groups -OCH3 is 1. The van der Waals surface area contributed by atoms with Gasteiger partial charge in [-0.05, 0) is 80.6 Å². The third-order valence-corrected chi connectivity index (χ3v) is 10.9. The fraction of sp³-hybridized carbons (Fsp3) is 0.475. The number of nitrogens with zero attached hydrogens (tertiary/aromatic N) is 4. The first-order chi connectivity index (χ1) is 23.5. The SMILES string of the molecule is CCCCCC(=O)N(C)CC1=C(C)C2=NC1=CC1=NC(=CC3=C(C)C4=C(O)CC(=C5NC(=C2)[C@@H](C)[C@@H]5CCC(=O)OC)C4=N3)C(CC)=C1C. The van der Waals surface area contributed by atoms with Gasteiger partial charge < -0.3 is 20.1 Å². The van der Waals surface area contributed by atoms with Crippen molar-refractivity contribution in [2.24, 2.45) is 26.8 Å². The minimum Gasteiger partial charge on any atom is -0.511 e. The minimum atomic E-state index is -0.247. The molecule has 5 aliphatic heterocycles. The Labute approximate surface area is 290 Å². The molecule has 9 nitrogen and oxygen atoms in total. The number of aliphatic hydroxyl groups is 1. The molecule has 0 radical (unpaired) electrons. The lowest BCUT2D eigenvalue weighted by Crippen LogP contribution is -2.29. The number of ether oxygens (including phenoxy) is 1.